The highest BCUT2D eigenvalue weighted by molar-refractivity contribution is 5.80. The highest BCUT2D eigenvalue weighted by Crippen LogP contribution is 2.16. The van der Waals surface area contributed by atoms with E-state index in [1.165, 1.54) is 24.3 Å². The first-order chi connectivity index (χ1) is 11.5. The van der Waals surface area contributed by atoms with Crippen LogP contribution in [0.3, 0.4) is 0 Å². The smallest absolute Gasteiger partial charge is 0.312 e. The number of aryl methyl sites for hydroxylation is 2. The number of carbonyl (C=O) groups excluding carboxylic acids is 1. The number of carboxylic acids is 1. The summed E-state index contributed by atoms with van der Waals surface area (Å²) in [7, 11) is 0. The predicted octanol–water partition coefficient (Wildman–Crippen LogP) is 3.05. The minimum absolute atomic E-state index is 0.0203. The molecule has 1 amide bonds. The van der Waals surface area contributed by atoms with Gasteiger partial charge in [0.1, 0.15) is 5.82 Å². The molecule has 24 heavy (non-hydrogen) atoms. The van der Waals surface area contributed by atoms with E-state index in [0.29, 0.717) is 18.4 Å². The van der Waals surface area contributed by atoms with Gasteiger partial charge in [-0.1, -0.05) is 36.4 Å². The van der Waals surface area contributed by atoms with Crippen molar-refractivity contribution in [3.05, 3.63) is 71.0 Å². The van der Waals surface area contributed by atoms with E-state index in [4.69, 9.17) is 0 Å². The number of benzene rings is 2. The Balaban J connectivity index is 1.90. The topological polar surface area (TPSA) is 66.4 Å². The van der Waals surface area contributed by atoms with Crippen LogP contribution in [0.15, 0.2) is 48.5 Å². The average Bonchev–Trinajstić information content (AvgIpc) is 2.55. The van der Waals surface area contributed by atoms with E-state index in [0.717, 1.165) is 11.1 Å². The van der Waals surface area contributed by atoms with E-state index in [1.54, 1.807) is 0 Å². The van der Waals surface area contributed by atoms with E-state index in [2.05, 4.69) is 5.32 Å². The molecule has 4 nitrogen and oxygen atoms in total. The van der Waals surface area contributed by atoms with Gasteiger partial charge in [-0.15, -0.1) is 0 Å². The molecule has 0 aromatic heterocycles. The molecule has 1 unspecified atom stereocenters. The molecule has 0 fully saturated rings. The van der Waals surface area contributed by atoms with Gasteiger partial charge in [0.2, 0.25) is 5.91 Å². The van der Waals surface area contributed by atoms with Crippen LogP contribution in [0.2, 0.25) is 0 Å². The van der Waals surface area contributed by atoms with Gasteiger partial charge < -0.3 is 10.4 Å². The first-order valence-corrected chi connectivity index (χ1v) is 7.77. The number of aliphatic carboxylic acids is 1. The highest BCUT2D eigenvalue weighted by Gasteiger charge is 2.20. The van der Waals surface area contributed by atoms with E-state index in [9.17, 15) is 19.1 Å². The Morgan fingerprint density at radius 2 is 1.79 bits per heavy atom. The molecule has 126 valence electrons. The van der Waals surface area contributed by atoms with Crippen molar-refractivity contribution in [1.82, 2.24) is 5.32 Å². The van der Waals surface area contributed by atoms with Gasteiger partial charge in [0.05, 0.1) is 5.92 Å². The predicted molar refractivity (Wildman–Crippen MR) is 89.3 cm³/mol. The van der Waals surface area contributed by atoms with E-state index in [-0.39, 0.29) is 12.5 Å². The lowest BCUT2D eigenvalue weighted by Crippen LogP contribution is -2.31. The summed E-state index contributed by atoms with van der Waals surface area (Å²) >= 11 is 0. The Hall–Kier alpha value is -2.69. The molecular weight excluding hydrogens is 309 g/mol. The molecule has 0 saturated carbocycles. The fourth-order valence-corrected chi connectivity index (χ4v) is 2.49. The van der Waals surface area contributed by atoms with Crippen LogP contribution < -0.4 is 5.32 Å². The molecule has 0 saturated heterocycles. The number of rotatable bonds is 7. The third-order valence-corrected chi connectivity index (χ3v) is 3.96. The summed E-state index contributed by atoms with van der Waals surface area (Å²) in [5.74, 6) is -2.58. The molecule has 1 atom stereocenters. The number of amides is 1. The number of carbonyl (C=O) groups is 2. The Morgan fingerprint density at radius 1 is 1.12 bits per heavy atom. The molecule has 0 heterocycles. The summed E-state index contributed by atoms with van der Waals surface area (Å²) in [5.41, 5.74) is 2.68. The number of carboxylic acid groups (broad SMARTS) is 1. The molecular formula is C19H20FNO3. The zero-order chi connectivity index (χ0) is 17.5. The maximum atomic E-state index is 12.9. The third kappa shape index (κ3) is 4.91. The SMILES string of the molecule is Cc1ccccc1CCC(=O)NCC(C(=O)O)c1ccc(F)cc1. The molecule has 0 aliphatic carbocycles. The normalized spacial score (nSPS) is 11.8. The van der Waals surface area contributed by atoms with Crippen molar-refractivity contribution in [3.63, 3.8) is 0 Å². The van der Waals surface area contributed by atoms with Gasteiger partial charge in [0.25, 0.3) is 0 Å². The minimum Gasteiger partial charge on any atom is -0.481 e. The van der Waals surface area contributed by atoms with E-state index in [1.807, 2.05) is 31.2 Å². The molecule has 5 heteroatoms. The van der Waals surface area contributed by atoms with Gasteiger partial charge in [-0.2, -0.15) is 0 Å². The lowest BCUT2D eigenvalue weighted by atomic mass is 9.99. The van der Waals surface area contributed by atoms with Gasteiger partial charge in [-0.3, -0.25) is 9.59 Å². The van der Waals surface area contributed by atoms with Gasteiger partial charge in [0, 0.05) is 13.0 Å². The number of hydrogen-bond donors (Lipinski definition) is 2. The number of nitrogens with one attached hydrogen (secondary N) is 1. The standard InChI is InChI=1S/C19H20FNO3/c1-13-4-2-3-5-14(13)8-11-18(22)21-12-17(19(23)24)15-6-9-16(20)10-7-15/h2-7,9-10,17H,8,11-12H2,1H3,(H,21,22)(H,23,24). The van der Waals surface area contributed by atoms with Crippen LogP contribution in [-0.4, -0.2) is 23.5 Å². The second kappa shape index (κ2) is 8.24. The van der Waals surface area contributed by atoms with Crippen LogP contribution in [-0.2, 0) is 16.0 Å². The molecule has 0 aliphatic heterocycles. The molecule has 0 spiro atoms. The first-order valence-electron chi connectivity index (χ1n) is 7.77. The van der Waals surface area contributed by atoms with Crippen molar-refractivity contribution in [3.8, 4) is 0 Å². The van der Waals surface area contributed by atoms with Crippen molar-refractivity contribution >= 4 is 11.9 Å². The largest absolute Gasteiger partial charge is 0.481 e. The van der Waals surface area contributed by atoms with Crippen LogP contribution in [0.1, 0.15) is 29.0 Å². The summed E-state index contributed by atoms with van der Waals surface area (Å²) < 4.78 is 12.9. The molecule has 2 rings (SSSR count). The zero-order valence-electron chi connectivity index (χ0n) is 13.5. The maximum absolute atomic E-state index is 12.9. The number of halogens is 1. The molecule has 2 aromatic carbocycles. The van der Waals surface area contributed by atoms with Crippen LogP contribution in [0.4, 0.5) is 4.39 Å². The second-order valence-corrected chi connectivity index (χ2v) is 5.67. The Bertz CT molecular complexity index is 713. The van der Waals surface area contributed by atoms with E-state index >= 15 is 0 Å². The molecule has 0 aliphatic rings. The van der Waals surface area contributed by atoms with Crippen molar-refractivity contribution in [2.24, 2.45) is 0 Å². The van der Waals surface area contributed by atoms with Crippen molar-refractivity contribution in [2.75, 3.05) is 6.54 Å². The molecule has 2 aromatic rings. The van der Waals surface area contributed by atoms with Crippen molar-refractivity contribution < 1.29 is 19.1 Å². The first kappa shape index (κ1) is 17.7. The summed E-state index contributed by atoms with van der Waals surface area (Å²) in [5, 5.41) is 12.0. The van der Waals surface area contributed by atoms with Gasteiger partial charge >= 0.3 is 5.97 Å². The zero-order valence-corrected chi connectivity index (χ0v) is 13.5. The van der Waals surface area contributed by atoms with Crippen LogP contribution >= 0.6 is 0 Å². The summed E-state index contributed by atoms with van der Waals surface area (Å²) in [6, 6.07) is 13.1. The quantitative estimate of drug-likeness (QED) is 0.820. The molecule has 0 bridgehead atoms. The molecule has 2 N–H and O–H groups in total. The summed E-state index contributed by atoms with van der Waals surface area (Å²) in [6.45, 7) is 1.97. The maximum Gasteiger partial charge on any atom is 0.312 e. The van der Waals surface area contributed by atoms with Gasteiger partial charge in [-0.05, 0) is 42.2 Å². The van der Waals surface area contributed by atoms with E-state index < -0.39 is 17.7 Å². The second-order valence-electron chi connectivity index (χ2n) is 5.67. The highest BCUT2D eigenvalue weighted by atomic mass is 19.1. The van der Waals surface area contributed by atoms with Gasteiger partial charge in [-0.25, -0.2) is 4.39 Å². The fourth-order valence-electron chi connectivity index (χ4n) is 2.49. The van der Waals surface area contributed by atoms with Crippen molar-refractivity contribution in [2.45, 2.75) is 25.7 Å². The minimum atomic E-state index is -1.05. The average molecular weight is 329 g/mol. The number of hydrogen-bond acceptors (Lipinski definition) is 2. The van der Waals surface area contributed by atoms with Crippen LogP contribution in [0, 0.1) is 12.7 Å². The Morgan fingerprint density at radius 3 is 2.42 bits per heavy atom. The summed E-state index contributed by atoms with van der Waals surface area (Å²) in [4.78, 5) is 23.4. The Labute approximate surface area is 140 Å². The fraction of sp³-hybridized carbons (Fsp3) is 0.263. The monoisotopic (exact) mass is 329 g/mol. The Kier molecular flexibility index (Phi) is 6.07. The summed E-state index contributed by atoms with van der Waals surface area (Å²) in [6.07, 6.45) is 0.896. The van der Waals surface area contributed by atoms with Crippen molar-refractivity contribution in [1.29, 1.82) is 0 Å². The lowest BCUT2D eigenvalue weighted by Gasteiger charge is -2.14. The van der Waals surface area contributed by atoms with Gasteiger partial charge in [0.15, 0.2) is 0 Å². The van der Waals surface area contributed by atoms with Crippen LogP contribution in [0.25, 0.3) is 0 Å². The molecule has 0 radical (unpaired) electrons. The lowest BCUT2D eigenvalue weighted by molar-refractivity contribution is -0.138. The third-order valence-electron chi connectivity index (χ3n) is 3.96. The van der Waals surface area contributed by atoms with Crippen LogP contribution in [0.5, 0.6) is 0 Å².